The number of esters is 5. The van der Waals surface area contributed by atoms with Crippen molar-refractivity contribution in [1.82, 2.24) is 0 Å². The molecule has 0 fully saturated rings. The Hall–Kier alpha value is -7.22. The number of benzene rings is 5. The number of rotatable bonds is 30. The average Bonchev–Trinajstić information content (AvgIpc) is 1.62. The molecule has 13 heteroatoms. The van der Waals surface area contributed by atoms with E-state index in [4.69, 9.17) is 28.8 Å². The molecule has 0 aliphatic heterocycles. The van der Waals surface area contributed by atoms with Gasteiger partial charge in [-0.25, -0.2) is 0 Å². The molecule has 734 valence electrons. The van der Waals surface area contributed by atoms with E-state index in [1.807, 2.05) is 144 Å². The van der Waals surface area contributed by atoms with Gasteiger partial charge in [0, 0.05) is 11.8 Å². The molecule has 0 unspecified atom stereocenters. The standard InChI is InChI=1S/C18H18O2.C11H14O2.C11H22O2.C11H16O.C10H14.C9H22Si.C8H16O2.C7H12O2.C6H12.C5H10O.C5H12.3C4H10.CH4/c1-12(2)18(19)20-11-17-15-9-5-3-7-13(15)14-8-4-6-10-16(14)17;1-9(2)11(12)13-8-10-6-4-3-5-7-10;1-9(2)7-5-6-8-13-11(12)10(3)4;1-9(2)7-10-3-5-11(8-12)6-4-10;1-9(2)8-10-6-4-3-5-7-10;1-8(2)7-10(5,6)9(3)4;1-6(2)5-10-8(9)7(3)4;1-4-5-9-7(8)6(2)3;1-4-5-6(2)3;1-4(2)5(3)6;1-4-5(2)3;3*1-4(2)3;/h3-10,12,17H,11H2,1-2H3;3-7,9H,8H2,1-2H3;9-10H,5-8H2,1-4H3;3-6,9,12H,7-8H2,1-2H3;3-7,9H,8H2,1-2H3;8-9H,7H2,1-6H3;6-7H,5H2,1-4H3;4,6H,1,5H2,2-3H3;4,6H,1,5H2,2-3H3;4H,1-3H3;5H,4H2,1-3H3;3*4H,1-3H3;1H4. The molecule has 127 heavy (non-hydrogen) atoms. The number of ether oxygens (including phenoxy) is 5. The van der Waals surface area contributed by atoms with Crippen molar-refractivity contribution in [1.29, 1.82) is 0 Å². The Bertz CT molecular complexity index is 3300. The minimum atomic E-state index is -0.844. The van der Waals surface area contributed by atoms with Gasteiger partial charge < -0.3 is 28.8 Å². The molecule has 5 aromatic carbocycles. The van der Waals surface area contributed by atoms with Crippen molar-refractivity contribution in [2.75, 3.05) is 26.4 Å². The van der Waals surface area contributed by atoms with Crippen molar-refractivity contribution in [3.05, 3.63) is 192 Å². The summed E-state index contributed by atoms with van der Waals surface area (Å²) in [6.45, 7) is 95.4. The Kier molecular flexibility index (Phi) is 94.1. The van der Waals surface area contributed by atoms with Gasteiger partial charge in [-0.2, -0.15) is 0 Å². The molecule has 0 aromatic heterocycles. The van der Waals surface area contributed by atoms with E-state index >= 15 is 0 Å². The summed E-state index contributed by atoms with van der Waals surface area (Å²) in [5, 5.41) is 8.81. The highest BCUT2D eigenvalue weighted by Crippen LogP contribution is 2.44. The molecule has 0 amide bonds. The maximum Gasteiger partial charge on any atom is 0.308 e. The first-order valence-electron chi connectivity index (χ1n) is 47.9. The van der Waals surface area contributed by atoms with Crippen LogP contribution in [-0.2, 0) is 78.5 Å². The summed E-state index contributed by atoms with van der Waals surface area (Å²) in [5.74, 6) is 7.53. The van der Waals surface area contributed by atoms with Crippen molar-refractivity contribution >= 4 is 43.7 Å². The number of aliphatic hydroxyl groups is 1. The number of aliphatic hydroxyl groups excluding tert-OH is 1. The number of ketones is 1. The number of Topliss-reactive ketones (excluding diaryl/α,β-unsaturated/α-hetero) is 1. The lowest BCUT2D eigenvalue weighted by Gasteiger charge is -2.28. The van der Waals surface area contributed by atoms with Crippen LogP contribution in [0.25, 0.3) is 11.1 Å². The Labute approximate surface area is 787 Å². The average molecular weight is 1790 g/mol. The van der Waals surface area contributed by atoms with E-state index in [2.05, 4.69) is 271 Å². The van der Waals surface area contributed by atoms with E-state index in [1.54, 1.807) is 26.8 Å². The maximum atomic E-state index is 11.7. The van der Waals surface area contributed by atoms with Crippen LogP contribution in [0.5, 0.6) is 0 Å². The van der Waals surface area contributed by atoms with Crippen molar-refractivity contribution in [3.8, 4) is 11.1 Å². The third-order valence-corrected chi connectivity index (χ3v) is 22.4. The van der Waals surface area contributed by atoms with Gasteiger partial charge in [0.2, 0.25) is 0 Å². The van der Waals surface area contributed by atoms with Crippen LogP contribution in [0.2, 0.25) is 24.7 Å². The highest BCUT2D eigenvalue weighted by Gasteiger charge is 2.30. The van der Waals surface area contributed by atoms with E-state index < -0.39 is 8.07 Å². The third-order valence-electron chi connectivity index (χ3n) is 17.4. The number of carbonyl (C=O) groups is 6. The Morgan fingerprint density at radius 3 is 1.00 bits per heavy atom. The molecule has 0 saturated carbocycles. The lowest BCUT2D eigenvalue weighted by Crippen LogP contribution is -2.30. The molecule has 0 bridgehead atoms. The van der Waals surface area contributed by atoms with Crippen molar-refractivity contribution in [3.63, 3.8) is 0 Å². The van der Waals surface area contributed by atoms with Crippen LogP contribution < -0.4 is 0 Å². The zero-order valence-electron chi connectivity index (χ0n) is 89.0. The first kappa shape index (κ1) is 138. The summed E-state index contributed by atoms with van der Waals surface area (Å²) >= 11 is 0. The second-order valence-electron chi connectivity index (χ2n) is 40.3. The molecule has 0 heterocycles. The molecule has 1 aliphatic rings. The van der Waals surface area contributed by atoms with Crippen molar-refractivity contribution in [2.45, 2.75) is 366 Å². The fourth-order valence-corrected chi connectivity index (χ4v) is 11.9. The lowest BCUT2D eigenvalue weighted by atomic mass is 9.98. The fraction of sp³-hybridized carbons (Fsp3) is 0.649. The molecule has 0 radical (unpaired) electrons. The molecule has 1 aliphatic carbocycles. The number of fused-ring (bicyclic) bond motifs is 3. The molecule has 0 saturated heterocycles. The van der Waals surface area contributed by atoms with Crippen molar-refractivity contribution < 1.29 is 57.6 Å². The lowest BCUT2D eigenvalue weighted by molar-refractivity contribution is -0.149. The molecule has 0 spiro atoms. The Morgan fingerprint density at radius 2 is 0.709 bits per heavy atom. The molecule has 5 aromatic rings. The summed E-state index contributed by atoms with van der Waals surface area (Å²) in [6, 6.07) is 46.6. The highest BCUT2D eigenvalue weighted by atomic mass is 28.3. The molecule has 0 atom stereocenters. The van der Waals surface area contributed by atoms with E-state index in [9.17, 15) is 28.8 Å². The van der Waals surface area contributed by atoms with Gasteiger partial charge in [-0.1, -0.05) is 460 Å². The van der Waals surface area contributed by atoms with Gasteiger partial charge in [0.1, 0.15) is 25.6 Å². The number of hydrogen-bond acceptors (Lipinski definition) is 12. The molecular weight excluding hydrogens is 1590 g/mol. The van der Waals surface area contributed by atoms with E-state index in [1.165, 1.54) is 58.7 Å². The Morgan fingerprint density at radius 1 is 0.378 bits per heavy atom. The number of carbonyl (C=O) groups excluding carboxylic acids is 6. The van der Waals surface area contributed by atoms with Gasteiger partial charge in [0.25, 0.3) is 0 Å². The van der Waals surface area contributed by atoms with Crippen LogP contribution in [0, 0.1) is 94.7 Å². The van der Waals surface area contributed by atoms with Gasteiger partial charge in [0.15, 0.2) is 0 Å². The predicted octanol–water partition coefficient (Wildman–Crippen LogP) is 32.8. The SMILES string of the molecule is C.C=CCC(C)C.C=CCOC(=O)C(C)C.CC(=O)C(C)C.CC(C)C.CC(C)C.CC(C)C.CC(C)C(=O)OCC1c2ccccc2-c2ccccc21.CC(C)C(=O)OCc1ccccc1.CC(C)CCCCOC(=O)C(C)C.CC(C)COC(=O)C(C)C.CC(C)C[Si](C)(C)C(C)C.CC(C)Cc1ccc(CO)cc1.CC(C)Cc1ccccc1.CCC(C)C. The molecule has 12 nitrogen and oxygen atoms in total. The second-order valence-corrected chi connectivity index (χ2v) is 45.8. The van der Waals surface area contributed by atoms with Gasteiger partial charge in [0.05, 0.1) is 57.5 Å². The summed E-state index contributed by atoms with van der Waals surface area (Å²) in [4.78, 5) is 65.4. The van der Waals surface area contributed by atoms with Gasteiger partial charge in [-0.3, -0.25) is 28.8 Å². The van der Waals surface area contributed by atoms with Crippen LogP contribution in [0.1, 0.15) is 349 Å². The first-order valence-corrected chi connectivity index (χ1v) is 51.2. The Balaban J connectivity index is -0.000000173. The van der Waals surface area contributed by atoms with E-state index in [0.717, 1.165) is 89.7 Å². The smallest absolute Gasteiger partial charge is 0.308 e. The van der Waals surface area contributed by atoms with Crippen LogP contribution in [0.3, 0.4) is 0 Å². The normalized spacial score (nSPS) is 10.7. The summed E-state index contributed by atoms with van der Waals surface area (Å²) in [7, 11) is -0.844. The van der Waals surface area contributed by atoms with Gasteiger partial charge in [-0.15, -0.1) is 6.58 Å². The first-order chi connectivity index (χ1) is 58.4. The predicted molar refractivity (Wildman–Crippen MR) is 558 cm³/mol. The number of allylic oxidation sites excluding steroid dienone is 1. The zero-order chi connectivity index (χ0) is 99.4. The summed E-state index contributed by atoms with van der Waals surface area (Å²) < 4.78 is 25.2. The monoisotopic (exact) mass is 1790 g/mol. The summed E-state index contributed by atoms with van der Waals surface area (Å²) in [5.41, 5.74) is 10.8. The van der Waals surface area contributed by atoms with E-state index in [0.29, 0.717) is 44.9 Å². The summed E-state index contributed by atoms with van der Waals surface area (Å²) in [6.07, 6.45) is 11.6. The minimum absolute atomic E-state index is 0. The highest BCUT2D eigenvalue weighted by molar-refractivity contribution is 6.78. The quantitative estimate of drug-likeness (QED) is 0.0152. The largest absolute Gasteiger partial charge is 0.465 e. The number of hydrogen-bond donors (Lipinski definition) is 1. The van der Waals surface area contributed by atoms with E-state index in [-0.39, 0.29) is 91.1 Å². The molecule has 6 rings (SSSR count). The van der Waals surface area contributed by atoms with Crippen LogP contribution in [0.4, 0.5) is 0 Å². The van der Waals surface area contributed by atoms with Crippen LogP contribution >= 0.6 is 0 Å². The fourth-order valence-electron chi connectivity index (χ4n) is 9.34. The number of unbranched alkanes of at least 4 members (excludes halogenated alkanes) is 1. The molecule has 1 N–H and O–H groups in total. The van der Waals surface area contributed by atoms with Gasteiger partial charge >= 0.3 is 29.8 Å². The second kappa shape index (κ2) is 86.8. The van der Waals surface area contributed by atoms with Crippen LogP contribution in [0.15, 0.2) is 159 Å². The van der Waals surface area contributed by atoms with Crippen LogP contribution in [-0.4, -0.2) is 75.2 Å². The maximum absolute atomic E-state index is 11.7. The van der Waals surface area contributed by atoms with Gasteiger partial charge in [-0.05, 0) is 143 Å². The van der Waals surface area contributed by atoms with Crippen molar-refractivity contribution in [2.24, 2.45) is 94.7 Å². The minimum Gasteiger partial charge on any atom is -0.465 e. The molecular formula is C114H202O12Si. The topological polar surface area (TPSA) is 169 Å². The zero-order valence-corrected chi connectivity index (χ0v) is 90.0. The third kappa shape index (κ3) is 96.2.